The number of rotatable bonds is 4. The minimum atomic E-state index is -0.428. The highest BCUT2D eigenvalue weighted by molar-refractivity contribution is 5.94. The third-order valence-electron chi connectivity index (χ3n) is 6.71. The average molecular weight is 380 g/mol. The van der Waals surface area contributed by atoms with E-state index in [1.807, 2.05) is 29.2 Å². The van der Waals surface area contributed by atoms with Gasteiger partial charge >= 0.3 is 0 Å². The van der Waals surface area contributed by atoms with Crippen molar-refractivity contribution in [3.05, 3.63) is 59.7 Å². The fraction of sp³-hybridized carbons (Fsp3) is 0.458. The topological polar surface area (TPSA) is 60.8 Å². The van der Waals surface area contributed by atoms with E-state index in [9.17, 15) is 15.0 Å². The third-order valence-corrected chi connectivity index (χ3v) is 6.71. The number of likely N-dealkylation sites (tertiary alicyclic amines) is 1. The molecule has 2 N–H and O–H groups in total. The number of piperidine rings is 1. The molecule has 2 aromatic rings. The second-order valence-corrected chi connectivity index (χ2v) is 8.32. The van der Waals surface area contributed by atoms with Gasteiger partial charge in [0.2, 0.25) is 0 Å². The Bertz CT molecular complexity index is 810. The van der Waals surface area contributed by atoms with Crippen molar-refractivity contribution in [2.24, 2.45) is 5.41 Å². The van der Waals surface area contributed by atoms with Gasteiger partial charge in [-0.05, 0) is 48.1 Å². The first-order chi connectivity index (χ1) is 13.5. The predicted octanol–water partition coefficient (Wildman–Crippen LogP) is 3.65. The maximum atomic E-state index is 12.8. The van der Waals surface area contributed by atoms with E-state index in [0.29, 0.717) is 37.9 Å². The molecule has 0 aromatic heterocycles. The van der Waals surface area contributed by atoms with Crippen LogP contribution in [-0.2, 0) is 6.42 Å². The molecular formula is C24H29NO3. The minimum Gasteiger partial charge on any atom is -0.392 e. The molecule has 1 aliphatic heterocycles. The summed E-state index contributed by atoms with van der Waals surface area (Å²) in [5.74, 6) is 0.0306. The Balaban J connectivity index is 1.40. The molecule has 0 bridgehead atoms. The number of carbonyl (C=O) groups is 1. The first-order valence-corrected chi connectivity index (χ1v) is 10.4. The van der Waals surface area contributed by atoms with Gasteiger partial charge in [-0.3, -0.25) is 4.79 Å². The Morgan fingerprint density at radius 1 is 0.964 bits per heavy atom. The summed E-state index contributed by atoms with van der Waals surface area (Å²) in [6.07, 6.45) is 3.19. The Morgan fingerprint density at radius 3 is 2.00 bits per heavy atom. The fourth-order valence-electron chi connectivity index (χ4n) is 4.68. The van der Waals surface area contributed by atoms with Crippen molar-refractivity contribution in [2.75, 3.05) is 13.1 Å². The van der Waals surface area contributed by atoms with Crippen molar-refractivity contribution in [1.29, 1.82) is 0 Å². The van der Waals surface area contributed by atoms with Gasteiger partial charge in [0.1, 0.15) is 0 Å². The molecule has 2 fully saturated rings. The van der Waals surface area contributed by atoms with Gasteiger partial charge in [0.25, 0.3) is 5.91 Å². The van der Waals surface area contributed by atoms with Gasteiger partial charge in [0, 0.05) is 30.5 Å². The first kappa shape index (κ1) is 19.2. The monoisotopic (exact) mass is 379 g/mol. The van der Waals surface area contributed by atoms with Gasteiger partial charge < -0.3 is 15.1 Å². The molecule has 28 heavy (non-hydrogen) atoms. The molecule has 1 saturated carbocycles. The largest absolute Gasteiger partial charge is 0.392 e. The lowest BCUT2D eigenvalue weighted by Crippen LogP contribution is -2.61. The molecule has 2 aliphatic rings. The highest BCUT2D eigenvalue weighted by Gasteiger charge is 2.55. The van der Waals surface area contributed by atoms with E-state index >= 15 is 0 Å². The molecule has 1 saturated heterocycles. The Labute approximate surface area is 166 Å². The van der Waals surface area contributed by atoms with Crippen LogP contribution in [0.4, 0.5) is 0 Å². The smallest absolute Gasteiger partial charge is 0.253 e. The van der Waals surface area contributed by atoms with Crippen LogP contribution < -0.4 is 0 Å². The van der Waals surface area contributed by atoms with Crippen LogP contribution in [0.5, 0.6) is 0 Å². The van der Waals surface area contributed by atoms with E-state index < -0.39 is 12.2 Å². The van der Waals surface area contributed by atoms with Gasteiger partial charge in [-0.25, -0.2) is 0 Å². The number of hydrogen-bond acceptors (Lipinski definition) is 3. The lowest BCUT2D eigenvalue weighted by atomic mass is 9.58. The molecule has 2 atom stereocenters. The molecule has 2 aromatic carbocycles. The van der Waals surface area contributed by atoms with Crippen molar-refractivity contribution in [3.63, 3.8) is 0 Å². The molecule has 2 unspecified atom stereocenters. The zero-order valence-corrected chi connectivity index (χ0v) is 16.5. The Morgan fingerprint density at radius 2 is 1.50 bits per heavy atom. The van der Waals surface area contributed by atoms with E-state index in [0.717, 1.165) is 24.0 Å². The van der Waals surface area contributed by atoms with E-state index in [1.54, 1.807) is 0 Å². The summed E-state index contributed by atoms with van der Waals surface area (Å²) < 4.78 is 0. The average Bonchev–Trinajstić information content (AvgIpc) is 2.74. The second-order valence-electron chi connectivity index (χ2n) is 8.32. The van der Waals surface area contributed by atoms with Crippen LogP contribution in [-0.4, -0.2) is 46.3 Å². The molecule has 4 nitrogen and oxygen atoms in total. The number of aliphatic hydroxyl groups is 2. The minimum absolute atomic E-state index is 0.0306. The lowest BCUT2D eigenvalue weighted by Gasteiger charge is -2.55. The van der Waals surface area contributed by atoms with Crippen LogP contribution in [0.25, 0.3) is 11.1 Å². The maximum Gasteiger partial charge on any atom is 0.253 e. The quantitative estimate of drug-likeness (QED) is 0.852. The highest BCUT2D eigenvalue weighted by Crippen LogP contribution is 2.49. The van der Waals surface area contributed by atoms with Crippen molar-refractivity contribution >= 4 is 5.91 Å². The van der Waals surface area contributed by atoms with Gasteiger partial charge in [-0.2, -0.15) is 0 Å². The van der Waals surface area contributed by atoms with Crippen LogP contribution in [0, 0.1) is 5.41 Å². The van der Waals surface area contributed by atoms with E-state index in [1.165, 1.54) is 5.56 Å². The van der Waals surface area contributed by atoms with Gasteiger partial charge in [-0.1, -0.05) is 49.7 Å². The summed E-state index contributed by atoms with van der Waals surface area (Å²) in [6.45, 7) is 3.36. The Hall–Kier alpha value is -2.17. The molecule has 1 heterocycles. The zero-order chi connectivity index (χ0) is 19.7. The number of benzene rings is 2. The summed E-state index contributed by atoms with van der Waals surface area (Å²) in [5.41, 5.74) is 3.93. The summed E-state index contributed by atoms with van der Waals surface area (Å²) in [4.78, 5) is 14.7. The van der Waals surface area contributed by atoms with Crippen LogP contribution in [0.15, 0.2) is 48.5 Å². The van der Waals surface area contributed by atoms with Crippen molar-refractivity contribution in [2.45, 2.75) is 51.2 Å². The van der Waals surface area contributed by atoms with Crippen LogP contribution in [0.3, 0.4) is 0 Å². The van der Waals surface area contributed by atoms with E-state index in [-0.39, 0.29) is 11.3 Å². The van der Waals surface area contributed by atoms with E-state index in [2.05, 4.69) is 31.2 Å². The summed E-state index contributed by atoms with van der Waals surface area (Å²) in [7, 11) is 0. The number of hydrogen-bond donors (Lipinski definition) is 2. The molecule has 4 rings (SSSR count). The predicted molar refractivity (Wildman–Crippen MR) is 110 cm³/mol. The lowest BCUT2D eigenvalue weighted by molar-refractivity contribution is -0.187. The number of aliphatic hydroxyl groups excluding tert-OH is 2. The molecule has 1 amide bonds. The normalized spacial score (nSPS) is 23.5. The fourth-order valence-corrected chi connectivity index (χ4v) is 4.68. The number of aryl methyl sites for hydroxylation is 1. The van der Waals surface area contributed by atoms with Crippen molar-refractivity contribution in [1.82, 2.24) is 4.90 Å². The molecule has 1 spiro atoms. The van der Waals surface area contributed by atoms with Gasteiger partial charge in [-0.15, -0.1) is 0 Å². The third kappa shape index (κ3) is 3.36. The van der Waals surface area contributed by atoms with Crippen LogP contribution in [0.2, 0.25) is 0 Å². The number of amides is 1. The Kier molecular flexibility index (Phi) is 5.26. The standard InChI is InChI=1S/C24H29NO3/c1-2-3-17-4-6-18(7-5-17)19-8-10-20(11-9-19)23(28)25-14-12-24(13-15-25)21(26)16-22(24)27/h4-11,21-22,26-27H,2-3,12-16H2,1H3. The molecule has 0 radical (unpaired) electrons. The highest BCUT2D eigenvalue weighted by atomic mass is 16.3. The van der Waals surface area contributed by atoms with Crippen LogP contribution >= 0.6 is 0 Å². The molecule has 148 valence electrons. The van der Waals surface area contributed by atoms with Crippen LogP contribution in [0.1, 0.15) is 48.5 Å². The van der Waals surface area contributed by atoms with Gasteiger partial charge in [0.05, 0.1) is 12.2 Å². The summed E-state index contributed by atoms with van der Waals surface area (Å²) in [5, 5.41) is 20.1. The first-order valence-electron chi connectivity index (χ1n) is 10.4. The van der Waals surface area contributed by atoms with Crippen molar-refractivity contribution in [3.8, 4) is 11.1 Å². The summed E-state index contributed by atoms with van der Waals surface area (Å²) >= 11 is 0. The van der Waals surface area contributed by atoms with E-state index in [4.69, 9.17) is 0 Å². The van der Waals surface area contributed by atoms with Gasteiger partial charge in [0.15, 0.2) is 0 Å². The SMILES string of the molecule is CCCc1ccc(-c2ccc(C(=O)N3CCC4(CC3)C(O)CC4O)cc2)cc1. The number of nitrogens with zero attached hydrogens (tertiary/aromatic N) is 1. The van der Waals surface area contributed by atoms with Crippen molar-refractivity contribution < 1.29 is 15.0 Å². The number of carbonyl (C=O) groups excluding carboxylic acids is 1. The zero-order valence-electron chi connectivity index (χ0n) is 16.5. The molecule has 1 aliphatic carbocycles. The summed E-state index contributed by atoms with van der Waals surface area (Å²) in [6, 6.07) is 16.4. The molecular weight excluding hydrogens is 350 g/mol. The maximum absolute atomic E-state index is 12.8. The second kappa shape index (κ2) is 7.69. The molecule has 4 heteroatoms.